The van der Waals surface area contributed by atoms with Crippen molar-refractivity contribution in [3.8, 4) is 0 Å². The topological polar surface area (TPSA) is 105 Å². The molecule has 0 fully saturated rings. The molecule has 0 aromatic carbocycles. The van der Waals surface area contributed by atoms with E-state index in [9.17, 15) is 9.59 Å². The van der Waals surface area contributed by atoms with E-state index in [4.69, 9.17) is 10.8 Å². The molecule has 0 saturated carbocycles. The smallest absolute Gasteiger partial charge is 0.337 e. The Hall–Kier alpha value is -1.95. The molecule has 0 aliphatic carbocycles. The summed E-state index contributed by atoms with van der Waals surface area (Å²) in [4.78, 5) is 26.6. The van der Waals surface area contributed by atoms with Crippen molar-refractivity contribution in [1.29, 1.82) is 0 Å². The standard InChI is InChI=1S/C12H17N3O3/c1-3-12(2,7-13)11(18)15-9-4-8(10(16)17)5-14-6-9/h4-6H,3,7,13H2,1-2H3,(H,15,18)(H,16,17). The van der Waals surface area contributed by atoms with Gasteiger partial charge in [-0.2, -0.15) is 0 Å². The van der Waals surface area contributed by atoms with Gasteiger partial charge in [0, 0.05) is 12.7 Å². The normalized spacial score (nSPS) is 13.7. The number of carbonyl (C=O) groups excluding carboxylic acids is 1. The predicted octanol–water partition coefficient (Wildman–Crippen LogP) is 1.09. The van der Waals surface area contributed by atoms with Crippen LogP contribution in [0.4, 0.5) is 5.69 Å². The molecule has 1 amide bonds. The highest BCUT2D eigenvalue weighted by Gasteiger charge is 2.29. The number of anilines is 1. The van der Waals surface area contributed by atoms with Crippen molar-refractivity contribution in [2.75, 3.05) is 11.9 Å². The Labute approximate surface area is 105 Å². The minimum Gasteiger partial charge on any atom is -0.478 e. The van der Waals surface area contributed by atoms with E-state index in [2.05, 4.69) is 10.3 Å². The fourth-order valence-corrected chi connectivity index (χ4v) is 1.30. The first-order valence-corrected chi connectivity index (χ1v) is 5.63. The second-order valence-corrected chi connectivity index (χ2v) is 4.34. The number of hydrogen-bond donors (Lipinski definition) is 3. The minimum atomic E-state index is -1.09. The Morgan fingerprint density at radius 2 is 2.17 bits per heavy atom. The number of nitrogens with two attached hydrogens (primary N) is 1. The number of carbonyl (C=O) groups is 2. The van der Waals surface area contributed by atoms with Gasteiger partial charge in [0.05, 0.1) is 22.9 Å². The van der Waals surface area contributed by atoms with Gasteiger partial charge in [0.25, 0.3) is 0 Å². The van der Waals surface area contributed by atoms with Crippen LogP contribution in [-0.2, 0) is 4.79 Å². The lowest BCUT2D eigenvalue weighted by Crippen LogP contribution is -2.39. The van der Waals surface area contributed by atoms with Crippen LogP contribution in [0, 0.1) is 5.41 Å². The van der Waals surface area contributed by atoms with Crippen LogP contribution >= 0.6 is 0 Å². The second-order valence-electron chi connectivity index (χ2n) is 4.34. The Bertz CT molecular complexity index is 456. The average Bonchev–Trinajstić information content (AvgIpc) is 2.38. The summed E-state index contributed by atoms with van der Waals surface area (Å²) in [6.07, 6.45) is 3.22. The molecule has 1 unspecified atom stereocenters. The summed E-state index contributed by atoms with van der Waals surface area (Å²) in [5, 5.41) is 11.5. The van der Waals surface area contributed by atoms with E-state index < -0.39 is 11.4 Å². The predicted molar refractivity (Wildman–Crippen MR) is 67.3 cm³/mol. The lowest BCUT2D eigenvalue weighted by molar-refractivity contribution is -0.124. The van der Waals surface area contributed by atoms with E-state index in [1.165, 1.54) is 18.5 Å². The molecule has 1 rings (SSSR count). The van der Waals surface area contributed by atoms with Crippen LogP contribution in [0.25, 0.3) is 0 Å². The van der Waals surface area contributed by atoms with Gasteiger partial charge >= 0.3 is 5.97 Å². The van der Waals surface area contributed by atoms with Crippen molar-refractivity contribution in [3.63, 3.8) is 0 Å². The minimum absolute atomic E-state index is 0.0266. The van der Waals surface area contributed by atoms with Crippen molar-refractivity contribution in [2.45, 2.75) is 20.3 Å². The van der Waals surface area contributed by atoms with Crippen LogP contribution in [0.15, 0.2) is 18.5 Å². The third-order valence-electron chi connectivity index (χ3n) is 3.02. The van der Waals surface area contributed by atoms with Gasteiger partial charge in [-0.15, -0.1) is 0 Å². The van der Waals surface area contributed by atoms with Gasteiger partial charge < -0.3 is 16.2 Å². The van der Waals surface area contributed by atoms with Gasteiger partial charge in [0.15, 0.2) is 0 Å². The molecule has 0 spiro atoms. The lowest BCUT2D eigenvalue weighted by atomic mass is 9.86. The van der Waals surface area contributed by atoms with Gasteiger partial charge in [-0.1, -0.05) is 6.92 Å². The number of rotatable bonds is 5. The van der Waals surface area contributed by atoms with Crippen LogP contribution in [0.2, 0.25) is 0 Å². The monoisotopic (exact) mass is 251 g/mol. The highest BCUT2D eigenvalue weighted by atomic mass is 16.4. The number of pyridine rings is 1. The van der Waals surface area contributed by atoms with Crippen molar-refractivity contribution < 1.29 is 14.7 Å². The molecule has 0 aliphatic rings. The van der Waals surface area contributed by atoms with E-state index >= 15 is 0 Å². The maximum Gasteiger partial charge on any atom is 0.337 e. The lowest BCUT2D eigenvalue weighted by Gasteiger charge is -2.24. The van der Waals surface area contributed by atoms with Crippen molar-refractivity contribution in [1.82, 2.24) is 4.98 Å². The third-order valence-corrected chi connectivity index (χ3v) is 3.02. The van der Waals surface area contributed by atoms with Gasteiger partial charge in [0.1, 0.15) is 0 Å². The maximum atomic E-state index is 12.0. The van der Waals surface area contributed by atoms with Crippen LogP contribution in [0.5, 0.6) is 0 Å². The number of hydrogen-bond acceptors (Lipinski definition) is 4. The number of nitrogens with zero attached hydrogens (tertiary/aromatic N) is 1. The SMILES string of the molecule is CCC(C)(CN)C(=O)Nc1cncc(C(=O)O)c1. The zero-order valence-electron chi connectivity index (χ0n) is 10.4. The molecular weight excluding hydrogens is 234 g/mol. The molecule has 0 radical (unpaired) electrons. The first-order valence-electron chi connectivity index (χ1n) is 5.63. The Balaban J connectivity index is 2.88. The highest BCUT2D eigenvalue weighted by molar-refractivity contribution is 5.96. The zero-order chi connectivity index (χ0) is 13.8. The molecule has 6 nitrogen and oxygen atoms in total. The summed E-state index contributed by atoms with van der Waals surface area (Å²) < 4.78 is 0. The molecule has 98 valence electrons. The van der Waals surface area contributed by atoms with Gasteiger partial charge in [-0.25, -0.2) is 4.79 Å². The second kappa shape index (κ2) is 5.59. The average molecular weight is 251 g/mol. The molecular formula is C12H17N3O3. The largest absolute Gasteiger partial charge is 0.478 e. The first-order chi connectivity index (χ1) is 8.42. The summed E-state index contributed by atoms with van der Waals surface area (Å²) in [5.74, 6) is -1.33. The molecule has 0 bridgehead atoms. The van der Waals surface area contributed by atoms with Crippen molar-refractivity contribution in [3.05, 3.63) is 24.0 Å². The quantitative estimate of drug-likeness (QED) is 0.726. The summed E-state index contributed by atoms with van der Waals surface area (Å²) >= 11 is 0. The molecule has 18 heavy (non-hydrogen) atoms. The van der Waals surface area contributed by atoms with Crippen LogP contribution in [0.1, 0.15) is 30.6 Å². The fourth-order valence-electron chi connectivity index (χ4n) is 1.30. The Morgan fingerprint density at radius 1 is 1.50 bits per heavy atom. The van der Waals surface area contributed by atoms with Crippen molar-refractivity contribution in [2.24, 2.45) is 11.1 Å². The van der Waals surface area contributed by atoms with E-state index in [1.807, 2.05) is 6.92 Å². The van der Waals surface area contributed by atoms with Crippen LogP contribution < -0.4 is 11.1 Å². The van der Waals surface area contributed by atoms with Gasteiger partial charge in [0.2, 0.25) is 5.91 Å². The number of nitrogens with one attached hydrogen (secondary N) is 1. The van der Waals surface area contributed by atoms with Crippen LogP contribution in [0.3, 0.4) is 0 Å². The summed E-state index contributed by atoms with van der Waals surface area (Å²) in [6.45, 7) is 3.86. The van der Waals surface area contributed by atoms with E-state index in [1.54, 1.807) is 6.92 Å². The fraction of sp³-hybridized carbons (Fsp3) is 0.417. The molecule has 0 aliphatic heterocycles. The zero-order valence-corrected chi connectivity index (χ0v) is 10.4. The molecule has 1 heterocycles. The molecule has 1 aromatic rings. The molecule has 1 aromatic heterocycles. The van der Waals surface area contributed by atoms with Gasteiger partial charge in [-0.05, 0) is 19.4 Å². The molecule has 0 saturated heterocycles. The third kappa shape index (κ3) is 3.04. The van der Waals surface area contributed by atoms with E-state index in [0.29, 0.717) is 12.1 Å². The van der Waals surface area contributed by atoms with Crippen LogP contribution in [-0.4, -0.2) is 28.5 Å². The summed E-state index contributed by atoms with van der Waals surface area (Å²) in [5.41, 5.74) is 5.29. The van der Waals surface area contributed by atoms with Crippen molar-refractivity contribution >= 4 is 17.6 Å². The highest BCUT2D eigenvalue weighted by Crippen LogP contribution is 2.22. The molecule has 1 atom stereocenters. The number of carboxylic acid groups (broad SMARTS) is 1. The summed E-state index contributed by atoms with van der Waals surface area (Å²) in [7, 11) is 0. The van der Waals surface area contributed by atoms with E-state index in [-0.39, 0.29) is 18.0 Å². The summed E-state index contributed by atoms with van der Waals surface area (Å²) in [6, 6.07) is 1.36. The first kappa shape index (κ1) is 14.1. The molecule has 4 N–H and O–H groups in total. The number of aromatic nitrogens is 1. The number of carboxylic acids is 1. The maximum absolute atomic E-state index is 12.0. The Kier molecular flexibility index (Phi) is 4.38. The van der Waals surface area contributed by atoms with Gasteiger partial charge in [-0.3, -0.25) is 9.78 Å². The number of aromatic carboxylic acids is 1. The Morgan fingerprint density at radius 3 is 2.67 bits per heavy atom. The molecule has 6 heteroatoms. The number of amides is 1. The van der Waals surface area contributed by atoms with E-state index in [0.717, 1.165) is 0 Å².